The van der Waals surface area contributed by atoms with Crippen molar-refractivity contribution in [3.05, 3.63) is 0 Å². The number of likely N-dealkylation sites (N-methyl/N-ethyl adjacent to an activating group) is 2. The smallest absolute Gasteiger partial charge is 0.0235 e. The van der Waals surface area contributed by atoms with Crippen LogP contribution in [0.15, 0.2) is 0 Å². The van der Waals surface area contributed by atoms with Crippen LogP contribution < -0.4 is 0 Å². The summed E-state index contributed by atoms with van der Waals surface area (Å²) in [7, 11) is 2.22. The van der Waals surface area contributed by atoms with Crippen molar-refractivity contribution >= 4 is 0 Å². The van der Waals surface area contributed by atoms with Crippen molar-refractivity contribution in [2.24, 2.45) is 0 Å². The van der Waals surface area contributed by atoms with Gasteiger partial charge in [0.15, 0.2) is 0 Å². The molecule has 1 unspecified atom stereocenters. The molecule has 0 aromatic heterocycles. The molecule has 1 fully saturated rings. The van der Waals surface area contributed by atoms with Crippen molar-refractivity contribution in [1.29, 1.82) is 0 Å². The molecule has 2 heteroatoms. The fourth-order valence-electron chi connectivity index (χ4n) is 2.10. The molecule has 1 aliphatic heterocycles. The van der Waals surface area contributed by atoms with E-state index in [1.165, 1.54) is 39.0 Å². The SMILES string of the molecule is CCCN(CC)C1CCN(C)C1. The molecule has 0 aliphatic carbocycles. The largest absolute Gasteiger partial charge is 0.305 e. The summed E-state index contributed by atoms with van der Waals surface area (Å²) < 4.78 is 0. The van der Waals surface area contributed by atoms with E-state index in [0.29, 0.717) is 0 Å². The van der Waals surface area contributed by atoms with Gasteiger partial charge in [-0.3, -0.25) is 4.90 Å². The van der Waals surface area contributed by atoms with Crippen LogP contribution in [0.25, 0.3) is 0 Å². The Morgan fingerprint density at radius 2 is 2.17 bits per heavy atom. The Bertz CT molecular complexity index is 123. The van der Waals surface area contributed by atoms with Gasteiger partial charge < -0.3 is 4.90 Å². The van der Waals surface area contributed by atoms with Gasteiger partial charge in [-0.25, -0.2) is 0 Å². The minimum absolute atomic E-state index is 0.833. The van der Waals surface area contributed by atoms with Crippen LogP contribution in [0.2, 0.25) is 0 Å². The third kappa shape index (κ3) is 2.46. The molecule has 1 heterocycles. The molecule has 0 spiro atoms. The molecule has 1 saturated heterocycles. The first kappa shape index (κ1) is 10.0. The molecule has 2 nitrogen and oxygen atoms in total. The number of rotatable bonds is 4. The molecule has 0 saturated carbocycles. The maximum absolute atomic E-state index is 2.61. The van der Waals surface area contributed by atoms with Crippen LogP contribution in [0.4, 0.5) is 0 Å². The summed E-state index contributed by atoms with van der Waals surface area (Å²) in [6.07, 6.45) is 2.65. The van der Waals surface area contributed by atoms with Crippen molar-refractivity contribution in [3.8, 4) is 0 Å². The highest BCUT2D eigenvalue weighted by molar-refractivity contribution is 4.80. The third-order valence-electron chi connectivity index (χ3n) is 2.80. The summed E-state index contributed by atoms with van der Waals surface area (Å²) in [4.78, 5) is 5.05. The first-order valence-electron chi connectivity index (χ1n) is 5.20. The second kappa shape index (κ2) is 4.83. The molecular weight excluding hydrogens is 148 g/mol. The molecule has 0 aromatic carbocycles. The van der Waals surface area contributed by atoms with E-state index in [9.17, 15) is 0 Å². The van der Waals surface area contributed by atoms with Crippen LogP contribution in [0.3, 0.4) is 0 Å². The zero-order valence-electron chi connectivity index (χ0n) is 8.71. The molecule has 1 aliphatic rings. The highest BCUT2D eigenvalue weighted by Crippen LogP contribution is 2.13. The highest BCUT2D eigenvalue weighted by atomic mass is 15.2. The number of hydrogen-bond donors (Lipinski definition) is 0. The Morgan fingerprint density at radius 1 is 1.42 bits per heavy atom. The second-order valence-corrected chi connectivity index (χ2v) is 3.83. The monoisotopic (exact) mass is 170 g/mol. The molecule has 0 bridgehead atoms. The normalized spacial score (nSPS) is 25.5. The zero-order valence-corrected chi connectivity index (χ0v) is 8.71. The van der Waals surface area contributed by atoms with Crippen LogP contribution in [0.1, 0.15) is 26.7 Å². The second-order valence-electron chi connectivity index (χ2n) is 3.83. The predicted molar refractivity (Wildman–Crippen MR) is 53.4 cm³/mol. The molecule has 72 valence electrons. The lowest BCUT2D eigenvalue weighted by molar-refractivity contribution is 0.208. The molecule has 12 heavy (non-hydrogen) atoms. The van der Waals surface area contributed by atoms with E-state index in [2.05, 4.69) is 30.7 Å². The lowest BCUT2D eigenvalue weighted by atomic mass is 10.2. The van der Waals surface area contributed by atoms with Gasteiger partial charge in [-0.05, 0) is 39.5 Å². The van der Waals surface area contributed by atoms with Crippen LogP contribution in [-0.2, 0) is 0 Å². The van der Waals surface area contributed by atoms with Gasteiger partial charge in [0.05, 0.1) is 0 Å². The van der Waals surface area contributed by atoms with Gasteiger partial charge in [-0.1, -0.05) is 13.8 Å². The maximum atomic E-state index is 2.61. The summed E-state index contributed by atoms with van der Waals surface area (Å²) >= 11 is 0. The van der Waals surface area contributed by atoms with Crippen LogP contribution in [0.5, 0.6) is 0 Å². The zero-order chi connectivity index (χ0) is 8.97. The first-order valence-corrected chi connectivity index (χ1v) is 5.20. The van der Waals surface area contributed by atoms with Crippen LogP contribution in [0, 0.1) is 0 Å². The molecule has 0 amide bonds. The van der Waals surface area contributed by atoms with Crippen molar-refractivity contribution < 1.29 is 0 Å². The molecule has 0 radical (unpaired) electrons. The van der Waals surface area contributed by atoms with E-state index < -0.39 is 0 Å². The summed E-state index contributed by atoms with van der Waals surface area (Å²) in [5.41, 5.74) is 0. The van der Waals surface area contributed by atoms with E-state index in [1.807, 2.05) is 0 Å². The summed E-state index contributed by atoms with van der Waals surface area (Å²) in [5.74, 6) is 0. The summed E-state index contributed by atoms with van der Waals surface area (Å²) in [6, 6.07) is 0.833. The average molecular weight is 170 g/mol. The standard InChI is InChI=1S/C10H22N2/c1-4-7-12(5-2)10-6-8-11(3)9-10/h10H,4-9H2,1-3H3. The predicted octanol–water partition coefficient (Wildman–Crippen LogP) is 1.42. The Kier molecular flexibility index (Phi) is 4.02. The van der Waals surface area contributed by atoms with Crippen molar-refractivity contribution in [2.75, 3.05) is 33.2 Å². The van der Waals surface area contributed by atoms with Crippen LogP contribution in [-0.4, -0.2) is 49.1 Å². The fourth-order valence-corrected chi connectivity index (χ4v) is 2.10. The van der Waals surface area contributed by atoms with Gasteiger partial charge >= 0.3 is 0 Å². The van der Waals surface area contributed by atoms with E-state index in [0.717, 1.165) is 6.04 Å². The minimum Gasteiger partial charge on any atom is -0.305 e. The van der Waals surface area contributed by atoms with Crippen molar-refractivity contribution in [2.45, 2.75) is 32.7 Å². The molecule has 1 rings (SSSR count). The number of nitrogens with zero attached hydrogens (tertiary/aromatic N) is 2. The van der Waals surface area contributed by atoms with Gasteiger partial charge in [0.1, 0.15) is 0 Å². The van der Waals surface area contributed by atoms with Crippen molar-refractivity contribution in [1.82, 2.24) is 9.80 Å². The molecule has 1 atom stereocenters. The Labute approximate surface area is 76.5 Å². The van der Waals surface area contributed by atoms with E-state index in [-0.39, 0.29) is 0 Å². The summed E-state index contributed by atoms with van der Waals surface area (Å²) in [6.45, 7) is 9.58. The van der Waals surface area contributed by atoms with Gasteiger partial charge in [0, 0.05) is 12.6 Å². The molecule has 0 N–H and O–H groups in total. The Hall–Kier alpha value is -0.0800. The maximum Gasteiger partial charge on any atom is 0.0235 e. The summed E-state index contributed by atoms with van der Waals surface area (Å²) in [5, 5.41) is 0. The Morgan fingerprint density at radius 3 is 2.58 bits per heavy atom. The van der Waals surface area contributed by atoms with Gasteiger partial charge in [-0.2, -0.15) is 0 Å². The highest BCUT2D eigenvalue weighted by Gasteiger charge is 2.23. The van der Waals surface area contributed by atoms with Gasteiger partial charge in [-0.15, -0.1) is 0 Å². The van der Waals surface area contributed by atoms with E-state index in [1.54, 1.807) is 0 Å². The quantitative estimate of drug-likeness (QED) is 0.629. The number of likely N-dealkylation sites (tertiary alicyclic amines) is 1. The van der Waals surface area contributed by atoms with E-state index >= 15 is 0 Å². The molecule has 0 aromatic rings. The fraction of sp³-hybridized carbons (Fsp3) is 1.00. The Balaban J connectivity index is 2.33. The van der Waals surface area contributed by atoms with Crippen LogP contribution >= 0.6 is 0 Å². The lowest BCUT2D eigenvalue weighted by Gasteiger charge is -2.26. The number of hydrogen-bond acceptors (Lipinski definition) is 2. The van der Waals surface area contributed by atoms with Gasteiger partial charge in [0.2, 0.25) is 0 Å². The first-order chi connectivity index (χ1) is 5.77. The van der Waals surface area contributed by atoms with Crippen molar-refractivity contribution in [3.63, 3.8) is 0 Å². The minimum atomic E-state index is 0.833. The topological polar surface area (TPSA) is 6.48 Å². The lowest BCUT2D eigenvalue weighted by Crippen LogP contribution is -2.37. The van der Waals surface area contributed by atoms with E-state index in [4.69, 9.17) is 0 Å². The average Bonchev–Trinajstić information content (AvgIpc) is 2.47. The van der Waals surface area contributed by atoms with Gasteiger partial charge in [0.25, 0.3) is 0 Å². The molecular formula is C10H22N2. The third-order valence-corrected chi connectivity index (χ3v) is 2.80.